The summed E-state index contributed by atoms with van der Waals surface area (Å²) in [7, 11) is -3.01. The summed E-state index contributed by atoms with van der Waals surface area (Å²) in [6.07, 6.45) is 0. The van der Waals surface area contributed by atoms with E-state index in [-0.39, 0.29) is 17.4 Å². The Bertz CT molecular complexity index is 424. The van der Waals surface area contributed by atoms with Gasteiger partial charge in [-0.1, -0.05) is 26.0 Å². The molecular formula is C11H17NO2S. The van der Waals surface area contributed by atoms with Crippen molar-refractivity contribution in [1.82, 2.24) is 0 Å². The van der Waals surface area contributed by atoms with Gasteiger partial charge < -0.3 is 5.73 Å². The summed E-state index contributed by atoms with van der Waals surface area (Å²) in [6, 6.07) is 7.01. The molecule has 0 unspecified atom stereocenters. The lowest BCUT2D eigenvalue weighted by Crippen LogP contribution is -2.13. The highest BCUT2D eigenvalue weighted by atomic mass is 32.2. The third-order valence-electron chi connectivity index (χ3n) is 1.92. The molecule has 0 amide bonds. The van der Waals surface area contributed by atoms with Crippen LogP contribution in [0.25, 0.3) is 0 Å². The lowest BCUT2D eigenvalue weighted by atomic mass is 10.2. The van der Waals surface area contributed by atoms with E-state index in [1.165, 1.54) is 0 Å². The van der Waals surface area contributed by atoms with E-state index >= 15 is 0 Å². The number of nitrogen functional groups attached to an aromatic ring is 1. The maximum atomic E-state index is 11.7. The molecule has 3 nitrogen and oxygen atoms in total. The molecule has 1 rings (SSSR count). The molecule has 0 radical (unpaired) electrons. The topological polar surface area (TPSA) is 60.2 Å². The molecule has 84 valence electrons. The summed E-state index contributed by atoms with van der Waals surface area (Å²) < 4.78 is 23.4. The largest absolute Gasteiger partial charge is 0.399 e. The van der Waals surface area contributed by atoms with E-state index in [0.29, 0.717) is 5.69 Å². The molecule has 1 aromatic carbocycles. The minimum absolute atomic E-state index is 0.0796. The van der Waals surface area contributed by atoms with Gasteiger partial charge in [0.15, 0.2) is 9.84 Å². The molecule has 0 fully saturated rings. The normalized spacial score (nSPS) is 11.9. The van der Waals surface area contributed by atoms with Gasteiger partial charge in [0, 0.05) is 5.69 Å². The van der Waals surface area contributed by atoms with Crippen LogP contribution in [0.15, 0.2) is 24.3 Å². The van der Waals surface area contributed by atoms with Crippen LogP contribution in [0.3, 0.4) is 0 Å². The first-order chi connectivity index (χ1) is 6.89. The van der Waals surface area contributed by atoms with Crippen molar-refractivity contribution in [2.45, 2.75) is 19.6 Å². The van der Waals surface area contributed by atoms with Crippen LogP contribution in [0, 0.1) is 5.92 Å². The smallest absolute Gasteiger partial charge is 0.154 e. The van der Waals surface area contributed by atoms with Crippen molar-refractivity contribution in [2.75, 3.05) is 11.5 Å². The Hall–Kier alpha value is -1.03. The minimum Gasteiger partial charge on any atom is -0.399 e. The molecule has 0 aliphatic rings. The van der Waals surface area contributed by atoms with Gasteiger partial charge >= 0.3 is 0 Å². The Morgan fingerprint density at radius 3 is 2.53 bits per heavy atom. The zero-order valence-corrected chi connectivity index (χ0v) is 9.92. The van der Waals surface area contributed by atoms with Crippen molar-refractivity contribution in [3.8, 4) is 0 Å². The van der Waals surface area contributed by atoms with Crippen molar-refractivity contribution in [2.24, 2.45) is 5.92 Å². The molecular weight excluding hydrogens is 210 g/mol. The van der Waals surface area contributed by atoms with E-state index in [2.05, 4.69) is 0 Å². The van der Waals surface area contributed by atoms with Crippen molar-refractivity contribution in [3.05, 3.63) is 29.8 Å². The summed E-state index contributed by atoms with van der Waals surface area (Å²) in [6.45, 7) is 3.80. The molecule has 1 aromatic rings. The maximum absolute atomic E-state index is 11.7. The third-order valence-corrected chi connectivity index (χ3v) is 3.87. The van der Waals surface area contributed by atoms with E-state index in [4.69, 9.17) is 5.73 Å². The van der Waals surface area contributed by atoms with Gasteiger partial charge in [-0.3, -0.25) is 0 Å². The van der Waals surface area contributed by atoms with Crippen LogP contribution in [-0.4, -0.2) is 14.2 Å². The van der Waals surface area contributed by atoms with E-state index in [0.717, 1.165) is 5.56 Å². The first-order valence-corrected chi connectivity index (χ1v) is 6.76. The zero-order chi connectivity index (χ0) is 11.5. The summed E-state index contributed by atoms with van der Waals surface area (Å²) in [5.41, 5.74) is 6.95. The summed E-state index contributed by atoms with van der Waals surface area (Å²) in [5.74, 6) is 0.467. The van der Waals surface area contributed by atoms with Crippen LogP contribution in [0.1, 0.15) is 19.4 Å². The van der Waals surface area contributed by atoms with Gasteiger partial charge in [-0.05, 0) is 23.6 Å². The molecule has 0 aromatic heterocycles. The van der Waals surface area contributed by atoms with E-state index in [9.17, 15) is 8.42 Å². The Morgan fingerprint density at radius 2 is 2.00 bits per heavy atom. The van der Waals surface area contributed by atoms with Gasteiger partial charge in [0.05, 0.1) is 11.5 Å². The number of benzene rings is 1. The number of anilines is 1. The van der Waals surface area contributed by atoms with Gasteiger partial charge in [-0.15, -0.1) is 0 Å². The molecule has 0 atom stereocenters. The van der Waals surface area contributed by atoms with Crippen LogP contribution < -0.4 is 5.73 Å². The standard InChI is InChI=1S/C11H17NO2S/c1-9(2)7-15(13,14)8-10-4-3-5-11(12)6-10/h3-6,9H,7-8,12H2,1-2H3. The summed E-state index contributed by atoms with van der Waals surface area (Å²) in [4.78, 5) is 0. The predicted molar refractivity (Wildman–Crippen MR) is 63.2 cm³/mol. The maximum Gasteiger partial charge on any atom is 0.154 e. The fourth-order valence-electron chi connectivity index (χ4n) is 1.50. The average Bonchev–Trinajstić information content (AvgIpc) is 1.99. The zero-order valence-electron chi connectivity index (χ0n) is 9.10. The second-order valence-corrected chi connectivity index (χ2v) is 6.30. The quantitative estimate of drug-likeness (QED) is 0.798. The molecule has 0 saturated carbocycles. The van der Waals surface area contributed by atoms with Gasteiger partial charge in [-0.2, -0.15) is 0 Å². The highest BCUT2D eigenvalue weighted by molar-refractivity contribution is 7.90. The van der Waals surface area contributed by atoms with Gasteiger partial charge in [0.25, 0.3) is 0 Å². The molecule has 2 N–H and O–H groups in total. The van der Waals surface area contributed by atoms with Crippen LogP contribution in [0.5, 0.6) is 0 Å². The minimum atomic E-state index is -3.01. The van der Waals surface area contributed by atoms with E-state index in [1.54, 1.807) is 24.3 Å². The van der Waals surface area contributed by atoms with Crippen LogP contribution in [-0.2, 0) is 15.6 Å². The van der Waals surface area contributed by atoms with Crippen LogP contribution >= 0.6 is 0 Å². The molecule has 0 aliphatic heterocycles. The molecule has 0 aliphatic carbocycles. The lowest BCUT2D eigenvalue weighted by molar-refractivity contribution is 0.581. The van der Waals surface area contributed by atoms with Gasteiger partial charge in [0.1, 0.15) is 0 Å². The monoisotopic (exact) mass is 227 g/mol. The summed E-state index contributed by atoms with van der Waals surface area (Å²) in [5, 5.41) is 0. The highest BCUT2D eigenvalue weighted by Crippen LogP contribution is 2.12. The van der Waals surface area contributed by atoms with Crippen molar-refractivity contribution >= 4 is 15.5 Å². The van der Waals surface area contributed by atoms with Gasteiger partial charge in [-0.25, -0.2) is 8.42 Å². The van der Waals surface area contributed by atoms with E-state index in [1.807, 2.05) is 13.8 Å². The Kier molecular flexibility index (Phi) is 3.74. The van der Waals surface area contributed by atoms with Gasteiger partial charge in [0.2, 0.25) is 0 Å². The second-order valence-electron chi connectivity index (χ2n) is 4.19. The number of rotatable bonds is 4. The predicted octanol–water partition coefficient (Wildman–Crippen LogP) is 1.84. The number of hydrogen-bond acceptors (Lipinski definition) is 3. The van der Waals surface area contributed by atoms with E-state index < -0.39 is 9.84 Å². The van der Waals surface area contributed by atoms with Crippen molar-refractivity contribution in [3.63, 3.8) is 0 Å². The highest BCUT2D eigenvalue weighted by Gasteiger charge is 2.13. The number of hydrogen-bond donors (Lipinski definition) is 1. The molecule has 0 heterocycles. The Morgan fingerprint density at radius 1 is 1.33 bits per heavy atom. The molecule has 0 saturated heterocycles. The molecule has 4 heteroatoms. The fourth-order valence-corrected chi connectivity index (χ4v) is 3.32. The third kappa shape index (κ3) is 4.34. The first-order valence-electron chi connectivity index (χ1n) is 4.94. The Balaban J connectivity index is 2.78. The van der Waals surface area contributed by atoms with Crippen molar-refractivity contribution < 1.29 is 8.42 Å². The SMILES string of the molecule is CC(C)CS(=O)(=O)Cc1cccc(N)c1. The average molecular weight is 227 g/mol. The van der Waals surface area contributed by atoms with Crippen LogP contribution in [0.4, 0.5) is 5.69 Å². The molecule has 0 spiro atoms. The Labute approximate surface area is 91.2 Å². The summed E-state index contributed by atoms with van der Waals surface area (Å²) >= 11 is 0. The molecule has 15 heavy (non-hydrogen) atoms. The lowest BCUT2D eigenvalue weighted by Gasteiger charge is -2.07. The van der Waals surface area contributed by atoms with Crippen molar-refractivity contribution in [1.29, 1.82) is 0 Å². The molecule has 0 bridgehead atoms. The second kappa shape index (κ2) is 4.66. The first kappa shape index (κ1) is 12.0. The number of sulfone groups is 1. The number of nitrogens with two attached hydrogens (primary N) is 1. The fraction of sp³-hybridized carbons (Fsp3) is 0.455. The van der Waals surface area contributed by atoms with Crippen LogP contribution in [0.2, 0.25) is 0 Å².